The number of nitrogens with two attached hydrogens (primary N) is 1. The number of amides is 1. The predicted octanol–water partition coefficient (Wildman–Crippen LogP) is 2.31. The van der Waals surface area contributed by atoms with E-state index in [0.717, 1.165) is 71.4 Å². The molecule has 144 valence electrons. The number of likely N-dealkylation sites (tertiary alicyclic amines) is 1. The predicted molar refractivity (Wildman–Crippen MR) is 103 cm³/mol. The van der Waals surface area contributed by atoms with Gasteiger partial charge in [-0.2, -0.15) is 0 Å². The van der Waals surface area contributed by atoms with E-state index < -0.39 is 0 Å². The Balaban J connectivity index is 0.00000264. The van der Waals surface area contributed by atoms with Gasteiger partial charge in [-0.3, -0.25) is 4.79 Å². The lowest BCUT2D eigenvalue weighted by atomic mass is 9.85. The van der Waals surface area contributed by atoms with Crippen LogP contribution in [0.15, 0.2) is 0 Å². The van der Waals surface area contributed by atoms with Crippen molar-refractivity contribution in [2.75, 3.05) is 39.3 Å². The number of rotatable bonds is 7. The zero-order chi connectivity index (χ0) is 15.9. The minimum atomic E-state index is 0. The van der Waals surface area contributed by atoms with Gasteiger partial charge in [0, 0.05) is 31.6 Å². The molecule has 1 saturated heterocycles. The maximum absolute atomic E-state index is 12.6. The lowest BCUT2D eigenvalue weighted by Crippen LogP contribution is -2.40. The van der Waals surface area contributed by atoms with Crippen LogP contribution in [0, 0.1) is 5.92 Å². The molecule has 3 unspecified atom stereocenters. The molecule has 2 rings (SSSR count). The first kappa shape index (κ1) is 23.9. The molecule has 0 aromatic carbocycles. The summed E-state index contributed by atoms with van der Waals surface area (Å²) < 4.78 is 5.97. The summed E-state index contributed by atoms with van der Waals surface area (Å²) in [5.41, 5.74) is 6.01. The first-order valence-electron chi connectivity index (χ1n) is 9.02. The Kier molecular flexibility index (Phi) is 12.3. The van der Waals surface area contributed by atoms with Crippen LogP contribution in [0.3, 0.4) is 0 Å². The highest BCUT2D eigenvalue weighted by molar-refractivity contribution is 5.85. The average Bonchev–Trinajstić information content (AvgIpc) is 2.99. The third-order valence-electron chi connectivity index (χ3n) is 5.18. The van der Waals surface area contributed by atoms with Gasteiger partial charge < -0.3 is 20.3 Å². The molecule has 1 heterocycles. The lowest BCUT2D eigenvalue weighted by Gasteiger charge is -2.29. The summed E-state index contributed by atoms with van der Waals surface area (Å²) in [5, 5.41) is 0. The van der Waals surface area contributed by atoms with E-state index >= 15 is 0 Å². The molecule has 2 fully saturated rings. The number of likely N-dealkylation sites (N-methyl/N-ethyl adjacent to an activating group) is 1. The van der Waals surface area contributed by atoms with Gasteiger partial charge in [0.1, 0.15) is 0 Å². The van der Waals surface area contributed by atoms with E-state index in [-0.39, 0.29) is 42.9 Å². The number of carbonyl (C=O) groups excluding carboxylic acids is 1. The van der Waals surface area contributed by atoms with E-state index in [4.69, 9.17) is 10.5 Å². The van der Waals surface area contributed by atoms with E-state index in [0.29, 0.717) is 5.91 Å². The zero-order valence-corrected chi connectivity index (χ0v) is 16.7. The van der Waals surface area contributed by atoms with Gasteiger partial charge in [0.2, 0.25) is 5.91 Å². The molecule has 1 amide bonds. The van der Waals surface area contributed by atoms with Gasteiger partial charge in [0.15, 0.2) is 0 Å². The topological polar surface area (TPSA) is 58.8 Å². The van der Waals surface area contributed by atoms with Crippen molar-refractivity contribution in [2.24, 2.45) is 11.7 Å². The molecule has 7 heteroatoms. The summed E-state index contributed by atoms with van der Waals surface area (Å²) in [6, 6.07) is 0.214. The molecule has 1 saturated carbocycles. The Bertz CT molecular complexity index is 357. The number of hydrogen-bond acceptors (Lipinski definition) is 4. The van der Waals surface area contributed by atoms with Crippen LogP contribution in [-0.2, 0) is 9.53 Å². The molecule has 1 aliphatic heterocycles. The minimum Gasteiger partial charge on any atom is -0.375 e. The highest BCUT2D eigenvalue weighted by Crippen LogP contribution is 2.26. The standard InChI is InChI=1S/C17H33N3O2.2ClH/c1-3-19(4-2)10-11-22-16-8-9-20(13-16)17(21)14-6-5-7-15(18)12-14;;/h14-16H,3-13,18H2,1-2H3;2*1H. The summed E-state index contributed by atoms with van der Waals surface area (Å²) in [5.74, 6) is 0.461. The first-order valence-corrected chi connectivity index (χ1v) is 9.02. The molecule has 0 bridgehead atoms. The fraction of sp³-hybridized carbons (Fsp3) is 0.941. The molecule has 2 aliphatic rings. The first-order chi connectivity index (χ1) is 10.6. The van der Waals surface area contributed by atoms with Crippen LogP contribution in [0.2, 0.25) is 0 Å². The minimum absolute atomic E-state index is 0. The normalized spacial score (nSPS) is 26.8. The average molecular weight is 384 g/mol. The molecule has 0 aromatic rings. The molecule has 2 N–H and O–H groups in total. The van der Waals surface area contributed by atoms with Crippen LogP contribution < -0.4 is 5.73 Å². The molecular weight excluding hydrogens is 349 g/mol. The van der Waals surface area contributed by atoms with Crippen molar-refractivity contribution in [3.05, 3.63) is 0 Å². The molecule has 0 spiro atoms. The third kappa shape index (κ3) is 7.04. The van der Waals surface area contributed by atoms with Gasteiger partial charge in [0.25, 0.3) is 0 Å². The quantitative estimate of drug-likeness (QED) is 0.732. The van der Waals surface area contributed by atoms with Crippen molar-refractivity contribution in [3.8, 4) is 0 Å². The van der Waals surface area contributed by atoms with Crippen molar-refractivity contribution in [3.63, 3.8) is 0 Å². The number of ether oxygens (including phenoxy) is 1. The maximum Gasteiger partial charge on any atom is 0.225 e. The van der Waals surface area contributed by atoms with E-state index in [1.807, 2.05) is 4.90 Å². The number of nitrogens with zero attached hydrogens (tertiary/aromatic N) is 2. The van der Waals surface area contributed by atoms with Crippen LogP contribution in [0.5, 0.6) is 0 Å². The maximum atomic E-state index is 12.6. The highest BCUT2D eigenvalue weighted by Gasteiger charge is 2.33. The fourth-order valence-electron chi connectivity index (χ4n) is 3.66. The second-order valence-corrected chi connectivity index (χ2v) is 6.72. The monoisotopic (exact) mass is 383 g/mol. The van der Waals surface area contributed by atoms with Crippen molar-refractivity contribution in [1.29, 1.82) is 0 Å². The molecule has 1 aliphatic carbocycles. The lowest BCUT2D eigenvalue weighted by molar-refractivity contribution is -0.136. The van der Waals surface area contributed by atoms with Crippen molar-refractivity contribution in [2.45, 2.75) is 58.1 Å². The van der Waals surface area contributed by atoms with Gasteiger partial charge >= 0.3 is 0 Å². The smallest absolute Gasteiger partial charge is 0.225 e. The van der Waals surface area contributed by atoms with Crippen LogP contribution in [0.25, 0.3) is 0 Å². The Morgan fingerprint density at radius 2 is 1.92 bits per heavy atom. The Labute approximate surface area is 159 Å². The van der Waals surface area contributed by atoms with Crippen LogP contribution in [-0.4, -0.2) is 67.2 Å². The zero-order valence-electron chi connectivity index (χ0n) is 15.1. The van der Waals surface area contributed by atoms with Crippen molar-refractivity contribution in [1.82, 2.24) is 9.80 Å². The number of hydrogen-bond donors (Lipinski definition) is 1. The van der Waals surface area contributed by atoms with Crippen LogP contribution in [0.4, 0.5) is 0 Å². The van der Waals surface area contributed by atoms with E-state index in [2.05, 4.69) is 18.7 Å². The molecular formula is C17H35Cl2N3O2. The molecule has 24 heavy (non-hydrogen) atoms. The molecule has 0 aromatic heterocycles. The molecule has 0 radical (unpaired) electrons. The number of carbonyl (C=O) groups is 1. The van der Waals surface area contributed by atoms with Crippen LogP contribution >= 0.6 is 24.8 Å². The van der Waals surface area contributed by atoms with Gasteiger partial charge in [-0.05, 0) is 38.8 Å². The van der Waals surface area contributed by atoms with Gasteiger partial charge in [-0.1, -0.05) is 20.3 Å². The molecule has 3 atom stereocenters. The highest BCUT2D eigenvalue weighted by atomic mass is 35.5. The summed E-state index contributed by atoms with van der Waals surface area (Å²) in [6.45, 7) is 9.85. The second-order valence-electron chi connectivity index (χ2n) is 6.72. The third-order valence-corrected chi connectivity index (χ3v) is 5.18. The van der Waals surface area contributed by atoms with E-state index in [9.17, 15) is 4.79 Å². The Morgan fingerprint density at radius 1 is 1.21 bits per heavy atom. The van der Waals surface area contributed by atoms with E-state index in [1.54, 1.807) is 0 Å². The summed E-state index contributed by atoms with van der Waals surface area (Å²) in [7, 11) is 0. The van der Waals surface area contributed by atoms with E-state index in [1.165, 1.54) is 0 Å². The fourth-order valence-corrected chi connectivity index (χ4v) is 3.66. The van der Waals surface area contributed by atoms with Crippen LogP contribution in [0.1, 0.15) is 46.0 Å². The summed E-state index contributed by atoms with van der Waals surface area (Å²) in [4.78, 5) is 16.9. The Morgan fingerprint density at radius 3 is 2.54 bits per heavy atom. The van der Waals surface area contributed by atoms with Gasteiger partial charge in [-0.25, -0.2) is 0 Å². The summed E-state index contributed by atoms with van der Waals surface area (Å²) >= 11 is 0. The SMILES string of the molecule is CCN(CC)CCOC1CCN(C(=O)C2CCCC(N)C2)C1.Cl.Cl. The van der Waals surface area contributed by atoms with Crippen molar-refractivity contribution < 1.29 is 9.53 Å². The van der Waals surface area contributed by atoms with Gasteiger partial charge in [-0.15, -0.1) is 24.8 Å². The second kappa shape index (κ2) is 12.3. The summed E-state index contributed by atoms with van der Waals surface area (Å²) in [6.07, 6.45) is 5.23. The largest absolute Gasteiger partial charge is 0.375 e. The van der Waals surface area contributed by atoms with Crippen molar-refractivity contribution >= 4 is 30.7 Å². The number of halogens is 2. The Hall–Kier alpha value is -0.0700. The molecule has 5 nitrogen and oxygen atoms in total. The van der Waals surface area contributed by atoms with Gasteiger partial charge in [0.05, 0.1) is 12.7 Å².